The van der Waals surface area contributed by atoms with Crippen LogP contribution in [-0.2, 0) is 0 Å². The number of hydrogen-bond donors (Lipinski definition) is 0. The van der Waals surface area contributed by atoms with Crippen molar-refractivity contribution in [2.24, 2.45) is 11.3 Å². The molecular formula is C16H33. The molecule has 0 saturated carbocycles. The van der Waals surface area contributed by atoms with Crippen LogP contribution in [0.1, 0.15) is 85.5 Å². The van der Waals surface area contributed by atoms with Crippen molar-refractivity contribution in [3.05, 3.63) is 6.92 Å². The van der Waals surface area contributed by atoms with Gasteiger partial charge in [-0.3, -0.25) is 0 Å². The Morgan fingerprint density at radius 1 is 1.00 bits per heavy atom. The van der Waals surface area contributed by atoms with Crippen LogP contribution in [0, 0.1) is 18.3 Å². The Bertz CT molecular complexity index is 144. The fourth-order valence-corrected chi connectivity index (χ4v) is 2.35. The summed E-state index contributed by atoms with van der Waals surface area (Å²) in [6, 6.07) is 0. The van der Waals surface area contributed by atoms with E-state index in [0.29, 0.717) is 5.41 Å². The third-order valence-corrected chi connectivity index (χ3v) is 4.56. The molecule has 0 N–H and O–H groups in total. The molecule has 0 aromatic heterocycles. The lowest BCUT2D eigenvalue weighted by molar-refractivity contribution is 0.179. The molecule has 0 aliphatic rings. The molecule has 0 heteroatoms. The first kappa shape index (κ1) is 16.0. The highest BCUT2D eigenvalue weighted by molar-refractivity contribution is 4.79. The molecule has 0 heterocycles. The van der Waals surface area contributed by atoms with Gasteiger partial charge in [-0.25, -0.2) is 0 Å². The van der Waals surface area contributed by atoms with Crippen LogP contribution in [0.15, 0.2) is 0 Å². The summed E-state index contributed by atoms with van der Waals surface area (Å²) in [4.78, 5) is 0. The summed E-state index contributed by atoms with van der Waals surface area (Å²) in [6.07, 6.45) is 12.2. The van der Waals surface area contributed by atoms with E-state index in [1.807, 2.05) is 0 Å². The SMILES string of the molecule is [CH2]CC(C)(CC)C(C)CCCCCCCC. The Morgan fingerprint density at radius 3 is 2.06 bits per heavy atom. The van der Waals surface area contributed by atoms with E-state index in [9.17, 15) is 0 Å². The predicted octanol–water partition coefficient (Wildman–Crippen LogP) is 6.01. The van der Waals surface area contributed by atoms with Crippen LogP contribution in [-0.4, -0.2) is 0 Å². The third kappa shape index (κ3) is 5.92. The van der Waals surface area contributed by atoms with Crippen LogP contribution in [0.3, 0.4) is 0 Å². The summed E-state index contributed by atoms with van der Waals surface area (Å²) in [6.45, 7) is 13.5. The van der Waals surface area contributed by atoms with E-state index in [1.165, 1.54) is 51.4 Å². The topological polar surface area (TPSA) is 0 Å². The molecular weight excluding hydrogens is 192 g/mol. The average molecular weight is 225 g/mol. The lowest BCUT2D eigenvalue weighted by Gasteiger charge is -2.34. The lowest BCUT2D eigenvalue weighted by atomic mass is 9.72. The summed E-state index contributed by atoms with van der Waals surface area (Å²) < 4.78 is 0. The Hall–Kier alpha value is 0. The van der Waals surface area contributed by atoms with Crippen LogP contribution in [0.2, 0.25) is 0 Å². The number of hydrogen-bond acceptors (Lipinski definition) is 0. The van der Waals surface area contributed by atoms with Crippen LogP contribution < -0.4 is 0 Å². The normalized spacial score (nSPS) is 14.1. The van der Waals surface area contributed by atoms with Gasteiger partial charge in [0.25, 0.3) is 0 Å². The highest BCUT2D eigenvalue weighted by Crippen LogP contribution is 2.37. The lowest BCUT2D eigenvalue weighted by Crippen LogP contribution is -2.23. The van der Waals surface area contributed by atoms with Crippen LogP contribution >= 0.6 is 0 Å². The second-order valence-corrected chi connectivity index (χ2v) is 5.72. The van der Waals surface area contributed by atoms with Gasteiger partial charge in [0.15, 0.2) is 0 Å². The second-order valence-electron chi connectivity index (χ2n) is 5.72. The van der Waals surface area contributed by atoms with Crippen molar-refractivity contribution in [3.8, 4) is 0 Å². The summed E-state index contributed by atoms with van der Waals surface area (Å²) >= 11 is 0. The average Bonchev–Trinajstić information content (AvgIpc) is 2.32. The zero-order valence-electron chi connectivity index (χ0n) is 12.1. The monoisotopic (exact) mass is 225 g/mol. The first-order valence-electron chi connectivity index (χ1n) is 7.40. The molecule has 16 heavy (non-hydrogen) atoms. The van der Waals surface area contributed by atoms with E-state index in [2.05, 4.69) is 34.6 Å². The van der Waals surface area contributed by atoms with Crippen molar-refractivity contribution in [2.45, 2.75) is 85.5 Å². The molecule has 0 aliphatic heterocycles. The molecule has 0 rings (SSSR count). The van der Waals surface area contributed by atoms with E-state index in [-0.39, 0.29) is 0 Å². The molecule has 0 aromatic rings. The van der Waals surface area contributed by atoms with E-state index in [1.54, 1.807) is 0 Å². The molecule has 0 aliphatic carbocycles. The Morgan fingerprint density at radius 2 is 1.56 bits per heavy atom. The van der Waals surface area contributed by atoms with Crippen molar-refractivity contribution < 1.29 is 0 Å². The van der Waals surface area contributed by atoms with Gasteiger partial charge in [0.2, 0.25) is 0 Å². The third-order valence-electron chi connectivity index (χ3n) is 4.56. The summed E-state index contributed by atoms with van der Waals surface area (Å²) in [5, 5.41) is 0. The van der Waals surface area contributed by atoms with Crippen LogP contribution in [0.5, 0.6) is 0 Å². The fourth-order valence-electron chi connectivity index (χ4n) is 2.35. The van der Waals surface area contributed by atoms with Crippen molar-refractivity contribution >= 4 is 0 Å². The van der Waals surface area contributed by atoms with Crippen LogP contribution in [0.25, 0.3) is 0 Å². The van der Waals surface area contributed by atoms with Crippen molar-refractivity contribution in [1.29, 1.82) is 0 Å². The molecule has 0 aromatic carbocycles. The van der Waals surface area contributed by atoms with E-state index < -0.39 is 0 Å². The summed E-state index contributed by atoms with van der Waals surface area (Å²) in [7, 11) is 0. The molecule has 0 nitrogen and oxygen atoms in total. The van der Waals surface area contributed by atoms with Crippen molar-refractivity contribution in [3.63, 3.8) is 0 Å². The Balaban J connectivity index is 3.60. The molecule has 2 atom stereocenters. The van der Waals surface area contributed by atoms with Gasteiger partial charge in [-0.1, -0.05) is 86.0 Å². The standard InChI is InChI=1S/C16H33/c1-6-9-10-11-12-13-14-15(4)16(5,7-2)8-3/h15H,2,6-14H2,1,3-5H3. The molecule has 0 saturated heterocycles. The minimum absolute atomic E-state index is 0.476. The maximum atomic E-state index is 4.12. The molecule has 0 spiro atoms. The minimum atomic E-state index is 0.476. The minimum Gasteiger partial charge on any atom is -0.0654 e. The molecule has 0 bridgehead atoms. The Kier molecular flexibility index (Phi) is 9.07. The number of rotatable bonds is 10. The smallest absolute Gasteiger partial charge is 0.0303 e. The quantitative estimate of drug-likeness (QED) is 0.399. The van der Waals surface area contributed by atoms with Crippen LogP contribution in [0.4, 0.5) is 0 Å². The van der Waals surface area contributed by atoms with Gasteiger partial charge in [-0.05, 0) is 17.8 Å². The molecule has 0 fully saturated rings. The second kappa shape index (κ2) is 9.07. The largest absolute Gasteiger partial charge is 0.0654 e. The van der Waals surface area contributed by atoms with Crippen molar-refractivity contribution in [2.75, 3.05) is 0 Å². The van der Waals surface area contributed by atoms with E-state index in [4.69, 9.17) is 0 Å². The Labute approximate surface area is 104 Å². The zero-order valence-corrected chi connectivity index (χ0v) is 12.1. The van der Waals surface area contributed by atoms with Gasteiger partial charge >= 0.3 is 0 Å². The highest BCUT2D eigenvalue weighted by atomic mass is 14.3. The summed E-state index contributed by atoms with van der Waals surface area (Å²) in [5.74, 6) is 0.834. The predicted molar refractivity (Wildman–Crippen MR) is 75.5 cm³/mol. The van der Waals surface area contributed by atoms with Gasteiger partial charge in [-0.2, -0.15) is 0 Å². The molecule has 0 amide bonds. The highest BCUT2D eigenvalue weighted by Gasteiger charge is 2.26. The zero-order chi connectivity index (χ0) is 12.4. The number of unbranched alkanes of at least 4 members (excludes halogenated alkanes) is 5. The first-order valence-corrected chi connectivity index (χ1v) is 7.40. The van der Waals surface area contributed by atoms with E-state index in [0.717, 1.165) is 12.3 Å². The van der Waals surface area contributed by atoms with Gasteiger partial charge < -0.3 is 0 Å². The molecule has 1 radical (unpaired) electrons. The first-order chi connectivity index (χ1) is 7.60. The molecule has 97 valence electrons. The van der Waals surface area contributed by atoms with Gasteiger partial charge in [0.1, 0.15) is 0 Å². The van der Waals surface area contributed by atoms with E-state index >= 15 is 0 Å². The maximum Gasteiger partial charge on any atom is -0.0303 e. The van der Waals surface area contributed by atoms with Gasteiger partial charge in [-0.15, -0.1) is 0 Å². The fraction of sp³-hybridized carbons (Fsp3) is 0.938. The van der Waals surface area contributed by atoms with Gasteiger partial charge in [0.05, 0.1) is 0 Å². The van der Waals surface area contributed by atoms with Gasteiger partial charge in [0, 0.05) is 0 Å². The summed E-state index contributed by atoms with van der Waals surface area (Å²) in [5.41, 5.74) is 0.476. The maximum absolute atomic E-state index is 4.12. The van der Waals surface area contributed by atoms with Crippen molar-refractivity contribution in [1.82, 2.24) is 0 Å². The molecule has 2 unspecified atom stereocenters.